The third-order valence-electron chi connectivity index (χ3n) is 3.27. The van der Waals surface area contributed by atoms with Crippen LogP contribution in [0.5, 0.6) is 0 Å². The van der Waals surface area contributed by atoms with Crippen LogP contribution < -0.4 is 0 Å². The zero-order valence-electron chi connectivity index (χ0n) is 12.3. The quantitative estimate of drug-likeness (QED) is 0.744. The number of hydrogen-bond acceptors (Lipinski definition) is 3. The third kappa shape index (κ3) is 4.76. The van der Waals surface area contributed by atoms with E-state index in [0.29, 0.717) is 6.42 Å². The maximum absolute atomic E-state index is 12.2. The van der Waals surface area contributed by atoms with Gasteiger partial charge in [0.05, 0.1) is 5.69 Å². The van der Waals surface area contributed by atoms with Crippen LogP contribution in [0.25, 0.3) is 0 Å². The van der Waals surface area contributed by atoms with E-state index < -0.39 is 0 Å². The lowest BCUT2D eigenvalue weighted by Gasteiger charge is -2.16. The number of carbonyl (C=O) groups excluding carboxylic acids is 1. The summed E-state index contributed by atoms with van der Waals surface area (Å²) in [6.07, 6.45) is 0.505. The summed E-state index contributed by atoms with van der Waals surface area (Å²) in [4.78, 5) is 18.8. The van der Waals surface area contributed by atoms with Gasteiger partial charge in [-0.2, -0.15) is 0 Å². The molecule has 2 aromatic rings. The molecule has 0 saturated heterocycles. The number of hydrogen-bond donors (Lipinski definition) is 0. The van der Waals surface area contributed by atoms with Crippen molar-refractivity contribution in [1.82, 2.24) is 9.88 Å². The van der Waals surface area contributed by atoms with Crippen LogP contribution in [-0.4, -0.2) is 29.3 Å². The van der Waals surface area contributed by atoms with Crippen molar-refractivity contribution in [1.29, 1.82) is 0 Å². The average Bonchev–Trinajstić information content (AvgIpc) is 2.45. The maximum Gasteiger partial charge on any atom is 0.165 e. The molecule has 0 amide bonds. The van der Waals surface area contributed by atoms with Crippen molar-refractivity contribution in [2.75, 3.05) is 13.6 Å². The number of aromatic nitrogens is 1. The van der Waals surface area contributed by atoms with Gasteiger partial charge in [-0.25, -0.2) is 0 Å². The highest BCUT2D eigenvalue weighted by atomic mass is 79.9. The van der Waals surface area contributed by atoms with E-state index in [1.54, 1.807) is 0 Å². The third-order valence-corrected chi connectivity index (χ3v) is 3.96. The molecule has 0 fully saturated rings. The van der Waals surface area contributed by atoms with E-state index >= 15 is 0 Å². The number of aryl methyl sites for hydroxylation is 1. The summed E-state index contributed by atoms with van der Waals surface area (Å²) in [5.74, 6) is 0.159. The number of carbonyl (C=O) groups is 1. The van der Waals surface area contributed by atoms with Crippen LogP contribution in [0, 0.1) is 6.92 Å². The van der Waals surface area contributed by atoms with Gasteiger partial charge in [0.2, 0.25) is 0 Å². The molecular formula is C17H19BrN2O. The summed E-state index contributed by atoms with van der Waals surface area (Å²) < 4.78 is 0.859. The Morgan fingerprint density at radius 2 is 1.95 bits per heavy atom. The van der Waals surface area contributed by atoms with Crippen LogP contribution in [0.4, 0.5) is 0 Å². The summed E-state index contributed by atoms with van der Waals surface area (Å²) in [6, 6.07) is 13.6. The first kappa shape index (κ1) is 15.9. The highest BCUT2D eigenvalue weighted by Gasteiger charge is 2.11. The molecule has 110 valence electrons. The highest BCUT2D eigenvalue weighted by Crippen LogP contribution is 2.17. The Bertz CT molecular complexity index is 628. The lowest BCUT2D eigenvalue weighted by molar-refractivity contribution is 0.0967. The lowest BCUT2D eigenvalue weighted by atomic mass is 10.1. The van der Waals surface area contributed by atoms with E-state index in [9.17, 15) is 4.79 Å². The smallest absolute Gasteiger partial charge is 0.165 e. The minimum atomic E-state index is 0.159. The second-order valence-corrected chi connectivity index (χ2v) is 6.02. The van der Waals surface area contributed by atoms with Crippen LogP contribution in [-0.2, 0) is 6.54 Å². The summed E-state index contributed by atoms with van der Waals surface area (Å²) in [7, 11) is 2.01. The summed E-state index contributed by atoms with van der Waals surface area (Å²) in [6.45, 7) is 3.46. The van der Waals surface area contributed by atoms with E-state index in [0.717, 1.165) is 34.5 Å². The van der Waals surface area contributed by atoms with Crippen molar-refractivity contribution < 1.29 is 4.79 Å². The lowest BCUT2D eigenvalue weighted by Crippen LogP contribution is -2.22. The van der Waals surface area contributed by atoms with E-state index in [4.69, 9.17) is 0 Å². The molecule has 1 aromatic heterocycles. The molecule has 0 bridgehead atoms. The van der Waals surface area contributed by atoms with Crippen molar-refractivity contribution in [3.8, 4) is 0 Å². The minimum Gasteiger partial charge on any atom is -0.300 e. The fourth-order valence-corrected chi connectivity index (χ4v) is 2.66. The maximum atomic E-state index is 12.2. The van der Waals surface area contributed by atoms with Crippen LogP contribution in [0.15, 0.2) is 46.9 Å². The van der Waals surface area contributed by atoms with Gasteiger partial charge in [0.1, 0.15) is 0 Å². The average molecular weight is 347 g/mol. The fourth-order valence-electron chi connectivity index (χ4n) is 2.16. The molecule has 0 N–H and O–H groups in total. The normalized spacial score (nSPS) is 10.9. The molecule has 0 aliphatic rings. The van der Waals surface area contributed by atoms with Crippen LogP contribution in [0.2, 0.25) is 0 Å². The molecule has 0 saturated carbocycles. The van der Waals surface area contributed by atoms with Crippen LogP contribution >= 0.6 is 15.9 Å². The van der Waals surface area contributed by atoms with Crippen molar-refractivity contribution in [2.45, 2.75) is 19.9 Å². The van der Waals surface area contributed by atoms with Crippen LogP contribution in [0.1, 0.15) is 28.2 Å². The standard InChI is InChI=1S/C17H19BrN2O/c1-13-6-5-7-14(19-13)12-20(2)11-10-17(21)15-8-3-4-9-16(15)18/h3-9H,10-12H2,1-2H3. The van der Waals surface area contributed by atoms with Crippen molar-refractivity contribution in [3.05, 3.63) is 63.9 Å². The summed E-state index contributed by atoms with van der Waals surface area (Å²) in [5, 5.41) is 0. The highest BCUT2D eigenvalue weighted by molar-refractivity contribution is 9.10. The Kier molecular flexibility index (Phi) is 5.65. The van der Waals surface area contributed by atoms with Crippen molar-refractivity contribution in [3.63, 3.8) is 0 Å². The predicted molar refractivity (Wildman–Crippen MR) is 88.4 cm³/mol. The second kappa shape index (κ2) is 7.48. The van der Waals surface area contributed by atoms with Gasteiger partial charge in [-0.3, -0.25) is 9.78 Å². The van der Waals surface area contributed by atoms with E-state index in [-0.39, 0.29) is 5.78 Å². The largest absolute Gasteiger partial charge is 0.300 e. The van der Waals surface area contributed by atoms with Gasteiger partial charge >= 0.3 is 0 Å². The van der Waals surface area contributed by atoms with Gasteiger partial charge < -0.3 is 4.90 Å². The Morgan fingerprint density at radius 3 is 2.67 bits per heavy atom. The van der Waals surface area contributed by atoms with Crippen molar-refractivity contribution in [2.24, 2.45) is 0 Å². The monoisotopic (exact) mass is 346 g/mol. The first-order chi connectivity index (χ1) is 10.1. The molecule has 0 unspecified atom stereocenters. The number of Topliss-reactive ketones (excluding diaryl/α,β-unsaturated/α-hetero) is 1. The molecule has 0 radical (unpaired) electrons. The molecule has 0 spiro atoms. The molecule has 0 aliphatic heterocycles. The molecule has 0 aliphatic carbocycles. The molecule has 2 rings (SSSR count). The van der Waals surface area contributed by atoms with Gasteiger partial charge in [-0.05, 0) is 32.2 Å². The molecule has 1 aromatic carbocycles. The van der Waals surface area contributed by atoms with Gasteiger partial charge in [0, 0.05) is 35.2 Å². The Hall–Kier alpha value is -1.52. The molecule has 4 heteroatoms. The second-order valence-electron chi connectivity index (χ2n) is 5.16. The molecule has 3 nitrogen and oxygen atoms in total. The summed E-state index contributed by atoms with van der Waals surface area (Å²) in [5.41, 5.74) is 2.80. The van der Waals surface area contributed by atoms with Gasteiger partial charge in [0.15, 0.2) is 5.78 Å². The van der Waals surface area contributed by atoms with Crippen LogP contribution in [0.3, 0.4) is 0 Å². The number of benzene rings is 1. The number of pyridine rings is 1. The molecule has 21 heavy (non-hydrogen) atoms. The minimum absolute atomic E-state index is 0.159. The van der Waals surface area contributed by atoms with E-state index in [1.807, 2.05) is 56.4 Å². The zero-order valence-corrected chi connectivity index (χ0v) is 13.9. The number of rotatable bonds is 6. The van der Waals surface area contributed by atoms with Gasteiger partial charge in [-0.15, -0.1) is 0 Å². The number of halogens is 1. The molecular weight excluding hydrogens is 328 g/mol. The Morgan fingerprint density at radius 1 is 1.19 bits per heavy atom. The van der Waals surface area contributed by atoms with E-state index in [2.05, 4.69) is 25.8 Å². The zero-order chi connectivity index (χ0) is 15.2. The Labute approximate surface area is 134 Å². The number of ketones is 1. The topological polar surface area (TPSA) is 33.2 Å². The first-order valence-electron chi connectivity index (χ1n) is 6.95. The predicted octanol–water partition coefficient (Wildman–Crippen LogP) is 3.86. The van der Waals surface area contributed by atoms with Gasteiger partial charge in [0.25, 0.3) is 0 Å². The molecule has 0 atom stereocenters. The SMILES string of the molecule is Cc1cccc(CN(C)CCC(=O)c2ccccc2Br)n1. The fraction of sp³-hybridized carbons (Fsp3) is 0.294. The van der Waals surface area contributed by atoms with Crippen molar-refractivity contribution >= 4 is 21.7 Å². The summed E-state index contributed by atoms with van der Waals surface area (Å²) >= 11 is 3.42. The van der Waals surface area contributed by atoms with Gasteiger partial charge in [-0.1, -0.05) is 40.2 Å². The first-order valence-corrected chi connectivity index (χ1v) is 7.74. The number of nitrogens with zero attached hydrogens (tertiary/aromatic N) is 2. The molecule has 1 heterocycles. The Balaban J connectivity index is 1.88. The van der Waals surface area contributed by atoms with E-state index in [1.165, 1.54) is 0 Å².